The van der Waals surface area contributed by atoms with Crippen LogP contribution in [0, 0.1) is 6.92 Å². The molecule has 4 nitrogen and oxygen atoms in total. The van der Waals surface area contributed by atoms with Crippen LogP contribution >= 0.6 is 11.3 Å². The van der Waals surface area contributed by atoms with Gasteiger partial charge < -0.3 is 5.11 Å². The molecule has 108 valence electrons. The minimum absolute atomic E-state index is 0.0205. The van der Waals surface area contributed by atoms with E-state index in [0.29, 0.717) is 18.6 Å². The summed E-state index contributed by atoms with van der Waals surface area (Å²) in [5.74, 6) is -0.518. The summed E-state index contributed by atoms with van der Waals surface area (Å²) in [4.78, 5) is 15.5. The van der Waals surface area contributed by atoms with Gasteiger partial charge in [-0.2, -0.15) is 0 Å². The maximum Gasteiger partial charge on any atom is 0.430 e. The molecule has 0 spiro atoms. The number of allylic oxidation sites excluding steroid dienone is 1. The second kappa shape index (κ2) is 6.95. The van der Waals surface area contributed by atoms with Gasteiger partial charge in [0.25, 0.3) is 0 Å². The number of aliphatic carboxylic acids is 1. The maximum atomic E-state index is 11.1. The fourth-order valence-electron chi connectivity index (χ4n) is 1.77. The summed E-state index contributed by atoms with van der Waals surface area (Å²) in [6.07, 6.45) is 2.56. The molecule has 0 unspecified atom stereocenters. The number of thiazole rings is 1. The van der Waals surface area contributed by atoms with Gasteiger partial charge in [0.15, 0.2) is 0 Å². The van der Waals surface area contributed by atoms with Crippen molar-refractivity contribution in [2.45, 2.75) is 19.8 Å². The van der Waals surface area contributed by atoms with Crippen LogP contribution in [0.3, 0.4) is 0 Å². The van der Waals surface area contributed by atoms with Crippen LogP contribution in [-0.2, 0) is 9.22 Å². The molecule has 0 radical (unpaired) electrons. The Morgan fingerprint density at radius 3 is 2.67 bits per heavy atom. The average molecular weight is 302 g/mol. The predicted octanol–water partition coefficient (Wildman–Crippen LogP) is 3.99. The van der Waals surface area contributed by atoms with Gasteiger partial charge in [-0.3, -0.25) is 0 Å². The summed E-state index contributed by atoms with van der Waals surface area (Å²) in [6.45, 7) is 5.54. The summed E-state index contributed by atoms with van der Waals surface area (Å²) in [7, 11) is 0. The monoisotopic (exact) mass is 302 g/mol. The summed E-state index contributed by atoms with van der Waals surface area (Å²) >= 11 is 1.59. The van der Waals surface area contributed by atoms with Gasteiger partial charge in [-0.25, -0.2) is 14.2 Å². The lowest BCUT2D eigenvalue weighted by Gasteiger charge is -1.94. The average Bonchev–Trinajstić information content (AvgIpc) is 2.90. The Bertz CT molecular complexity index is 671. The second-order valence-corrected chi connectivity index (χ2v) is 5.50. The number of rotatable bonds is 6. The third-order valence-electron chi connectivity index (χ3n) is 2.82. The fourth-order valence-corrected chi connectivity index (χ4v) is 2.39. The first-order valence-electron chi connectivity index (χ1n) is 6.50. The van der Waals surface area contributed by atoms with Crippen LogP contribution in [0.4, 0.5) is 0 Å². The molecule has 0 aliphatic rings. The Kier molecular flexibility index (Phi) is 5.00. The van der Waals surface area contributed by atoms with Crippen molar-refractivity contribution in [2.24, 2.45) is 0 Å². The highest BCUT2D eigenvalue weighted by atomic mass is 32.1. The third-order valence-corrected chi connectivity index (χ3v) is 3.60. The van der Waals surface area contributed by atoms with Crippen LogP contribution in [-0.4, -0.2) is 21.8 Å². The van der Waals surface area contributed by atoms with E-state index in [-0.39, 0.29) is 5.78 Å². The molecular weight excluding hydrogens is 286 g/mol. The van der Waals surface area contributed by atoms with E-state index in [0.717, 1.165) is 16.3 Å². The first kappa shape index (κ1) is 15.1. The van der Waals surface area contributed by atoms with Gasteiger partial charge >= 0.3 is 17.5 Å². The van der Waals surface area contributed by atoms with E-state index in [2.05, 4.69) is 11.6 Å². The molecule has 1 heterocycles. The number of carbonyl (C=O) groups excluding carboxylic acids is 1. The van der Waals surface area contributed by atoms with Gasteiger partial charge in [-0.05, 0) is 25.5 Å². The second-order valence-electron chi connectivity index (χ2n) is 4.43. The molecule has 0 saturated heterocycles. The molecule has 0 fully saturated rings. The van der Waals surface area contributed by atoms with Crippen LogP contribution in [0.25, 0.3) is 11.3 Å². The predicted molar refractivity (Wildman–Crippen MR) is 83.8 cm³/mol. The molecule has 0 saturated carbocycles. The number of carboxylic acid groups (broad SMARTS) is 1. The van der Waals surface area contributed by atoms with E-state index < -0.39 is 5.97 Å². The summed E-state index contributed by atoms with van der Waals surface area (Å²) in [5, 5.41) is 12.1. The Hall–Kier alpha value is -2.27. The van der Waals surface area contributed by atoms with Gasteiger partial charge in [-0.1, -0.05) is 6.08 Å². The van der Waals surface area contributed by atoms with Crippen LogP contribution in [0.15, 0.2) is 42.3 Å². The van der Waals surface area contributed by atoms with E-state index in [1.165, 1.54) is 0 Å². The molecular formula is C16H16NO3S+. The standard InChI is InChI=1S/C16H15NO3S/c1-3-4-5-15(16(18)19)20-13-8-6-12(7-9-13)14-10-21-11(2)17-14/h3,6-10H,1,4-5H2,2H3/p+1. The third kappa shape index (κ3) is 4.10. The number of carbonyl (C=O) groups is 1. The van der Waals surface area contributed by atoms with Gasteiger partial charge in [0, 0.05) is 23.1 Å². The van der Waals surface area contributed by atoms with Gasteiger partial charge in [-0.15, -0.1) is 17.9 Å². The zero-order valence-corrected chi connectivity index (χ0v) is 12.5. The SMILES string of the molecule is C=CCCC(=[O+]c1ccc(-c2csc(C)n2)cc1)C(=O)O. The van der Waals surface area contributed by atoms with Crippen LogP contribution in [0.1, 0.15) is 17.8 Å². The smallest absolute Gasteiger partial charge is 0.430 e. The number of nitrogens with zero attached hydrogens (tertiary/aromatic N) is 1. The highest BCUT2D eigenvalue weighted by Gasteiger charge is 2.22. The lowest BCUT2D eigenvalue weighted by Crippen LogP contribution is -2.14. The first-order chi connectivity index (χ1) is 10.1. The van der Waals surface area contributed by atoms with Crippen molar-refractivity contribution in [3.8, 4) is 17.0 Å². The molecule has 5 heteroatoms. The summed E-state index contributed by atoms with van der Waals surface area (Å²) < 4.78 is 5.43. The number of carboxylic acids is 1. The molecule has 0 aliphatic carbocycles. The summed E-state index contributed by atoms with van der Waals surface area (Å²) in [6, 6.07) is 7.25. The topological polar surface area (TPSA) is 61.5 Å². The van der Waals surface area contributed by atoms with E-state index in [9.17, 15) is 4.79 Å². The molecule has 1 aromatic heterocycles. The summed E-state index contributed by atoms with van der Waals surface area (Å²) in [5.41, 5.74) is 1.90. The molecule has 1 N–H and O–H groups in total. The van der Waals surface area contributed by atoms with Crippen molar-refractivity contribution in [3.05, 3.63) is 47.3 Å². The van der Waals surface area contributed by atoms with Crippen LogP contribution in [0.2, 0.25) is 0 Å². The van der Waals surface area contributed by atoms with Gasteiger partial charge in [0.1, 0.15) is 0 Å². The number of ketones is 1. The van der Waals surface area contributed by atoms with Crippen molar-refractivity contribution in [2.75, 3.05) is 0 Å². The van der Waals surface area contributed by atoms with E-state index in [1.807, 2.05) is 24.4 Å². The van der Waals surface area contributed by atoms with E-state index in [1.54, 1.807) is 29.5 Å². The van der Waals surface area contributed by atoms with Crippen molar-refractivity contribution in [3.63, 3.8) is 0 Å². The molecule has 2 aromatic rings. The van der Waals surface area contributed by atoms with Crippen molar-refractivity contribution >= 4 is 23.1 Å². The van der Waals surface area contributed by atoms with Crippen LogP contribution in [0.5, 0.6) is 5.75 Å². The number of benzene rings is 1. The lowest BCUT2D eigenvalue weighted by atomic mass is 10.2. The highest BCUT2D eigenvalue weighted by molar-refractivity contribution is 7.09. The number of aromatic nitrogens is 1. The highest BCUT2D eigenvalue weighted by Crippen LogP contribution is 2.24. The molecule has 1 aromatic carbocycles. The zero-order valence-electron chi connectivity index (χ0n) is 11.7. The Morgan fingerprint density at radius 2 is 2.14 bits per heavy atom. The molecule has 21 heavy (non-hydrogen) atoms. The number of hydrogen-bond donors (Lipinski definition) is 1. The fraction of sp³-hybridized carbons (Fsp3) is 0.188. The Balaban J connectivity index is 2.21. The lowest BCUT2D eigenvalue weighted by molar-refractivity contribution is -0.367. The van der Waals surface area contributed by atoms with Crippen molar-refractivity contribution < 1.29 is 14.3 Å². The minimum atomic E-state index is -1.05. The zero-order chi connectivity index (χ0) is 15.2. The quantitative estimate of drug-likeness (QED) is 0.498. The Labute approximate surface area is 127 Å². The molecule has 0 aliphatic heterocycles. The molecule has 0 amide bonds. The van der Waals surface area contributed by atoms with E-state index >= 15 is 0 Å². The molecule has 0 atom stereocenters. The molecule has 0 bridgehead atoms. The van der Waals surface area contributed by atoms with Crippen molar-refractivity contribution in [1.82, 2.24) is 4.98 Å². The van der Waals surface area contributed by atoms with Gasteiger partial charge in [0.2, 0.25) is 0 Å². The van der Waals surface area contributed by atoms with Crippen LogP contribution < -0.4 is 0 Å². The number of hydrogen-bond acceptors (Lipinski definition) is 3. The minimum Gasteiger partial charge on any atom is -0.471 e. The molecule has 2 rings (SSSR count). The maximum absolute atomic E-state index is 11.1. The van der Waals surface area contributed by atoms with E-state index in [4.69, 9.17) is 9.53 Å². The normalized spacial score (nSPS) is 11.4. The number of aryl methyl sites for hydroxylation is 1. The Morgan fingerprint density at radius 1 is 1.43 bits per heavy atom. The van der Waals surface area contributed by atoms with Crippen molar-refractivity contribution in [1.29, 1.82) is 0 Å². The first-order valence-corrected chi connectivity index (χ1v) is 7.38. The largest absolute Gasteiger partial charge is 0.471 e. The van der Waals surface area contributed by atoms with Gasteiger partial charge in [0.05, 0.1) is 17.1 Å².